The summed E-state index contributed by atoms with van der Waals surface area (Å²) in [7, 11) is 3.97. The van der Waals surface area contributed by atoms with E-state index in [1.54, 1.807) is 23.1 Å². The Morgan fingerprint density at radius 1 is 0.875 bits per heavy atom. The molecule has 0 fully saturated rings. The number of hydrogen-bond acceptors (Lipinski definition) is 6. The molecule has 0 aliphatic heterocycles. The van der Waals surface area contributed by atoms with Crippen LogP contribution in [0.15, 0.2) is 79.4 Å². The predicted octanol–water partition coefficient (Wildman–Crippen LogP) is 4.49. The highest BCUT2D eigenvalue weighted by molar-refractivity contribution is 5.82. The van der Waals surface area contributed by atoms with E-state index in [0.29, 0.717) is 23.1 Å². The highest BCUT2D eigenvalue weighted by Gasteiger charge is 2.09. The Bertz CT molecular complexity index is 1380. The summed E-state index contributed by atoms with van der Waals surface area (Å²) in [5.41, 5.74) is 6.12. The van der Waals surface area contributed by atoms with Crippen LogP contribution in [0, 0.1) is 0 Å². The molecular weight excluding hydrogens is 400 g/mol. The van der Waals surface area contributed by atoms with E-state index in [4.69, 9.17) is 0 Å². The summed E-state index contributed by atoms with van der Waals surface area (Å²) in [5.74, 6) is 0.550. The van der Waals surface area contributed by atoms with Crippen LogP contribution in [0.5, 0.6) is 5.88 Å². The zero-order chi connectivity index (χ0) is 22.1. The first-order valence-corrected chi connectivity index (χ1v) is 10.3. The van der Waals surface area contributed by atoms with Crippen molar-refractivity contribution in [3.63, 3.8) is 0 Å². The second-order valence-corrected chi connectivity index (χ2v) is 7.71. The minimum absolute atomic E-state index is 0.0153. The van der Waals surface area contributed by atoms with Crippen molar-refractivity contribution >= 4 is 22.3 Å². The van der Waals surface area contributed by atoms with E-state index in [-0.39, 0.29) is 5.88 Å². The SMILES string of the molecule is CN(c1ccc(Cc2nc(O)c3ccncc3n2)cc1)c1ccc(-c2cnn(C)c2)cc1. The van der Waals surface area contributed by atoms with Crippen LogP contribution in [0.25, 0.3) is 22.0 Å². The van der Waals surface area contributed by atoms with Gasteiger partial charge in [-0.3, -0.25) is 9.67 Å². The Morgan fingerprint density at radius 2 is 1.59 bits per heavy atom. The Kier molecular flexibility index (Phi) is 4.99. The Balaban J connectivity index is 1.32. The zero-order valence-electron chi connectivity index (χ0n) is 17.8. The van der Waals surface area contributed by atoms with Gasteiger partial charge in [0, 0.05) is 49.8 Å². The Hall–Kier alpha value is -4.26. The number of aryl methyl sites for hydroxylation is 1. The molecule has 5 aromatic rings. The molecule has 7 heteroatoms. The molecule has 0 unspecified atom stereocenters. The van der Waals surface area contributed by atoms with Gasteiger partial charge < -0.3 is 10.0 Å². The van der Waals surface area contributed by atoms with E-state index in [1.807, 2.05) is 26.5 Å². The maximum absolute atomic E-state index is 10.2. The molecule has 5 rings (SSSR count). The molecule has 0 amide bonds. The second kappa shape index (κ2) is 8.11. The molecule has 3 heterocycles. The van der Waals surface area contributed by atoms with Crippen LogP contribution in [0.2, 0.25) is 0 Å². The fourth-order valence-corrected chi connectivity index (χ4v) is 3.71. The summed E-state index contributed by atoms with van der Waals surface area (Å²) in [6.07, 6.45) is 7.66. The van der Waals surface area contributed by atoms with Gasteiger partial charge in [0.15, 0.2) is 0 Å². The lowest BCUT2D eigenvalue weighted by molar-refractivity contribution is 0.457. The summed E-state index contributed by atoms with van der Waals surface area (Å²) in [4.78, 5) is 15.0. The van der Waals surface area contributed by atoms with E-state index < -0.39 is 0 Å². The third kappa shape index (κ3) is 3.88. The van der Waals surface area contributed by atoms with Crippen LogP contribution >= 0.6 is 0 Å². The molecule has 0 aliphatic carbocycles. The van der Waals surface area contributed by atoms with Gasteiger partial charge in [-0.2, -0.15) is 10.1 Å². The van der Waals surface area contributed by atoms with Crippen molar-refractivity contribution in [3.05, 3.63) is 90.8 Å². The average Bonchev–Trinajstić information content (AvgIpc) is 3.25. The quantitative estimate of drug-likeness (QED) is 0.450. The number of nitrogens with zero attached hydrogens (tertiary/aromatic N) is 6. The highest BCUT2D eigenvalue weighted by Crippen LogP contribution is 2.27. The summed E-state index contributed by atoms with van der Waals surface area (Å²) >= 11 is 0. The number of pyridine rings is 1. The average molecular weight is 422 g/mol. The molecule has 0 spiro atoms. The number of aromatic nitrogens is 5. The fraction of sp³-hybridized carbons (Fsp3) is 0.120. The monoisotopic (exact) mass is 422 g/mol. The van der Waals surface area contributed by atoms with Gasteiger partial charge in [-0.1, -0.05) is 24.3 Å². The first kappa shape index (κ1) is 19.7. The number of anilines is 2. The second-order valence-electron chi connectivity index (χ2n) is 7.71. The maximum atomic E-state index is 10.2. The lowest BCUT2D eigenvalue weighted by Gasteiger charge is -2.20. The predicted molar refractivity (Wildman–Crippen MR) is 125 cm³/mol. The molecule has 0 saturated heterocycles. The molecule has 0 bridgehead atoms. The Labute approximate surface area is 185 Å². The molecular formula is C25H22N6O. The molecule has 1 N–H and O–H groups in total. The third-order valence-electron chi connectivity index (χ3n) is 5.50. The van der Waals surface area contributed by atoms with Crippen LogP contribution in [0.1, 0.15) is 11.4 Å². The minimum atomic E-state index is -0.0153. The number of fused-ring (bicyclic) bond motifs is 1. The first-order valence-electron chi connectivity index (χ1n) is 10.3. The smallest absolute Gasteiger partial charge is 0.222 e. The van der Waals surface area contributed by atoms with Crippen molar-refractivity contribution in [2.24, 2.45) is 7.05 Å². The fourth-order valence-electron chi connectivity index (χ4n) is 3.71. The van der Waals surface area contributed by atoms with Crippen molar-refractivity contribution in [1.29, 1.82) is 0 Å². The normalized spacial score (nSPS) is 11.1. The zero-order valence-corrected chi connectivity index (χ0v) is 17.8. The largest absolute Gasteiger partial charge is 0.493 e. The molecule has 0 aliphatic rings. The van der Waals surface area contributed by atoms with Gasteiger partial charge in [-0.25, -0.2) is 4.98 Å². The summed E-state index contributed by atoms with van der Waals surface area (Å²) in [5, 5.41) is 15.0. The molecule has 32 heavy (non-hydrogen) atoms. The van der Waals surface area contributed by atoms with Gasteiger partial charge in [0.1, 0.15) is 5.82 Å². The van der Waals surface area contributed by atoms with E-state index in [9.17, 15) is 5.11 Å². The van der Waals surface area contributed by atoms with E-state index in [2.05, 4.69) is 73.5 Å². The van der Waals surface area contributed by atoms with Gasteiger partial charge in [0.05, 0.1) is 23.3 Å². The van der Waals surface area contributed by atoms with Gasteiger partial charge >= 0.3 is 0 Å². The van der Waals surface area contributed by atoms with Crippen LogP contribution < -0.4 is 4.90 Å². The highest BCUT2D eigenvalue weighted by atomic mass is 16.3. The lowest BCUT2D eigenvalue weighted by atomic mass is 10.1. The standard InChI is InChI=1S/C25H22N6O/c1-30-16-19(14-27-30)18-5-9-21(10-6-18)31(2)20-7-3-17(4-8-20)13-24-28-23-15-26-12-11-22(23)25(32)29-24/h3-12,14-16H,13H2,1-2H3,(H,28,29,32). The minimum Gasteiger partial charge on any atom is -0.493 e. The number of aromatic hydroxyl groups is 1. The van der Waals surface area contributed by atoms with E-state index in [0.717, 1.165) is 28.1 Å². The molecule has 0 radical (unpaired) electrons. The summed E-state index contributed by atoms with van der Waals surface area (Å²) < 4.78 is 1.80. The van der Waals surface area contributed by atoms with E-state index >= 15 is 0 Å². The first-order chi connectivity index (χ1) is 15.6. The van der Waals surface area contributed by atoms with Crippen molar-refractivity contribution in [1.82, 2.24) is 24.7 Å². The molecule has 158 valence electrons. The van der Waals surface area contributed by atoms with Crippen molar-refractivity contribution in [2.45, 2.75) is 6.42 Å². The topological polar surface area (TPSA) is 80.0 Å². The summed E-state index contributed by atoms with van der Waals surface area (Å²) in [6.45, 7) is 0. The molecule has 2 aromatic carbocycles. The number of rotatable bonds is 5. The maximum Gasteiger partial charge on any atom is 0.222 e. The van der Waals surface area contributed by atoms with Gasteiger partial charge in [0.2, 0.25) is 5.88 Å². The van der Waals surface area contributed by atoms with Crippen molar-refractivity contribution < 1.29 is 5.11 Å². The van der Waals surface area contributed by atoms with Gasteiger partial charge in [0.25, 0.3) is 0 Å². The van der Waals surface area contributed by atoms with E-state index in [1.165, 1.54) is 0 Å². The number of benzene rings is 2. The van der Waals surface area contributed by atoms with Gasteiger partial charge in [-0.05, 0) is 41.5 Å². The molecule has 3 aromatic heterocycles. The third-order valence-corrected chi connectivity index (χ3v) is 5.50. The molecule has 0 saturated carbocycles. The van der Waals surface area contributed by atoms with Crippen molar-refractivity contribution in [2.75, 3.05) is 11.9 Å². The van der Waals surface area contributed by atoms with Crippen LogP contribution in [0.4, 0.5) is 11.4 Å². The molecule has 0 atom stereocenters. The number of hydrogen-bond donors (Lipinski definition) is 1. The molecule has 7 nitrogen and oxygen atoms in total. The van der Waals surface area contributed by atoms with Crippen molar-refractivity contribution in [3.8, 4) is 17.0 Å². The Morgan fingerprint density at radius 3 is 2.28 bits per heavy atom. The van der Waals surface area contributed by atoms with Crippen LogP contribution in [-0.4, -0.2) is 36.9 Å². The lowest BCUT2D eigenvalue weighted by Crippen LogP contribution is -2.09. The van der Waals surface area contributed by atoms with Crippen LogP contribution in [0.3, 0.4) is 0 Å². The van der Waals surface area contributed by atoms with Gasteiger partial charge in [-0.15, -0.1) is 0 Å². The summed E-state index contributed by atoms with van der Waals surface area (Å²) in [6, 6.07) is 18.4. The van der Waals surface area contributed by atoms with Crippen LogP contribution in [-0.2, 0) is 13.5 Å².